The minimum Gasteiger partial charge on any atom is -0.392 e. The summed E-state index contributed by atoms with van der Waals surface area (Å²) in [5.74, 6) is -0.346. The predicted octanol–water partition coefficient (Wildman–Crippen LogP) is 1.79. The lowest BCUT2D eigenvalue weighted by Crippen LogP contribution is -2.35. The molecule has 2 atom stereocenters. The monoisotopic (exact) mass is 353 g/mol. The molecule has 23 heavy (non-hydrogen) atoms. The van der Waals surface area contributed by atoms with E-state index < -0.39 is 33.9 Å². The Morgan fingerprint density at radius 3 is 2.61 bits per heavy atom. The molecular weight excluding hydrogens is 335 g/mol. The van der Waals surface area contributed by atoms with E-state index in [9.17, 15) is 26.7 Å². The lowest BCUT2D eigenvalue weighted by atomic mass is 9.98. The highest BCUT2D eigenvalue weighted by Gasteiger charge is 2.43. The number of methoxy groups -OCH3 is 1. The number of hydrogen-bond donors (Lipinski definition) is 1. The molecule has 0 bridgehead atoms. The van der Waals surface area contributed by atoms with E-state index in [4.69, 9.17) is 4.74 Å². The SMILES string of the molecule is COCCS(=O)(=O)N1C[C@H](O)C[C@@H]1c1ccccc1C(F)(F)F. The number of sulfonamides is 1. The predicted molar refractivity (Wildman–Crippen MR) is 77.2 cm³/mol. The molecule has 1 aromatic carbocycles. The van der Waals surface area contributed by atoms with Gasteiger partial charge in [-0.15, -0.1) is 0 Å². The molecule has 1 heterocycles. The Morgan fingerprint density at radius 2 is 2.00 bits per heavy atom. The van der Waals surface area contributed by atoms with Crippen LogP contribution in [0.15, 0.2) is 24.3 Å². The molecule has 0 saturated carbocycles. The van der Waals surface area contributed by atoms with E-state index in [0.29, 0.717) is 0 Å². The highest BCUT2D eigenvalue weighted by Crippen LogP contribution is 2.41. The minimum absolute atomic E-state index is 0.0669. The van der Waals surface area contributed by atoms with Crippen LogP contribution in [-0.4, -0.2) is 49.9 Å². The number of benzene rings is 1. The van der Waals surface area contributed by atoms with Crippen LogP contribution in [0.25, 0.3) is 0 Å². The van der Waals surface area contributed by atoms with Gasteiger partial charge in [0.1, 0.15) is 0 Å². The average Bonchev–Trinajstić information content (AvgIpc) is 2.87. The summed E-state index contributed by atoms with van der Waals surface area (Å²) in [7, 11) is -2.50. The summed E-state index contributed by atoms with van der Waals surface area (Å²) < 4.78 is 69.9. The van der Waals surface area contributed by atoms with Crippen molar-refractivity contribution in [3.63, 3.8) is 0 Å². The zero-order chi connectivity index (χ0) is 17.3. The second-order valence-electron chi connectivity index (χ2n) is 5.37. The van der Waals surface area contributed by atoms with Crippen molar-refractivity contribution in [3.8, 4) is 0 Å². The zero-order valence-corrected chi connectivity index (χ0v) is 13.3. The van der Waals surface area contributed by atoms with Gasteiger partial charge in [0.15, 0.2) is 0 Å². The molecule has 0 amide bonds. The highest BCUT2D eigenvalue weighted by atomic mass is 32.2. The summed E-state index contributed by atoms with van der Waals surface area (Å²) in [6.45, 7) is -0.286. The summed E-state index contributed by atoms with van der Waals surface area (Å²) in [5, 5.41) is 9.80. The second kappa shape index (κ2) is 6.76. The maximum Gasteiger partial charge on any atom is 0.416 e. The van der Waals surface area contributed by atoms with Gasteiger partial charge >= 0.3 is 6.18 Å². The van der Waals surface area contributed by atoms with Gasteiger partial charge in [-0.05, 0) is 18.1 Å². The first kappa shape index (κ1) is 18.2. The Hall–Kier alpha value is -1.16. The van der Waals surface area contributed by atoms with E-state index in [2.05, 4.69) is 0 Å². The molecule has 130 valence electrons. The number of hydrogen-bond acceptors (Lipinski definition) is 4. The van der Waals surface area contributed by atoms with Crippen molar-refractivity contribution in [2.75, 3.05) is 26.0 Å². The van der Waals surface area contributed by atoms with Gasteiger partial charge < -0.3 is 9.84 Å². The normalized spacial score (nSPS) is 23.3. The molecule has 1 fully saturated rings. The fourth-order valence-electron chi connectivity index (χ4n) is 2.73. The van der Waals surface area contributed by atoms with Crippen LogP contribution in [0.2, 0.25) is 0 Å². The molecule has 0 spiro atoms. The largest absolute Gasteiger partial charge is 0.416 e. The Labute approximate surface area is 132 Å². The molecule has 2 rings (SSSR count). The van der Waals surface area contributed by atoms with E-state index >= 15 is 0 Å². The van der Waals surface area contributed by atoms with Gasteiger partial charge in [-0.3, -0.25) is 0 Å². The van der Waals surface area contributed by atoms with Crippen molar-refractivity contribution in [3.05, 3.63) is 35.4 Å². The number of halogens is 3. The van der Waals surface area contributed by atoms with Gasteiger partial charge in [-0.2, -0.15) is 17.5 Å². The molecule has 0 radical (unpaired) electrons. The van der Waals surface area contributed by atoms with Gasteiger partial charge in [-0.1, -0.05) is 18.2 Å². The van der Waals surface area contributed by atoms with E-state index in [1.54, 1.807) is 0 Å². The number of β-amino-alcohol motifs (C(OH)–C–C–N with tert-alkyl or cyclic N) is 1. The maximum absolute atomic E-state index is 13.2. The van der Waals surface area contributed by atoms with Gasteiger partial charge in [0.2, 0.25) is 10.0 Å². The lowest BCUT2D eigenvalue weighted by molar-refractivity contribution is -0.138. The smallest absolute Gasteiger partial charge is 0.392 e. The third-order valence-corrected chi connectivity index (χ3v) is 5.56. The Morgan fingerprint density at radius 1 is 1.35 bits per heavy atom. The van der Waals surface area contributed by atoms with Crippen molar-refractivity contribution in [1.29, 1.82) is 0 Å². The van der Waals surface area contributed by atoms with Crippen molar-refractivity contribution < 1.29 is 31.4 Å². The first-order chi connectivity index (χ1) is 10.7. The van der Waals surface area contributed by atoms with Crippen molar-refractivity contribution >= 4 is 10.0 Å². The minimum atomic E-state index is -4.59. The van der Waals surface area contributed by atoms with E-state index in [-0.39, 0.29) is 30.9 Å². The van der Waals surface area contributed by atoms with Gasteiger partial charge in [0.05, 0.1) is 30.1 Å². The third-order valence-electron chi connectivity index (χ3n) is 3.76. The quantitative estimate of drug-likeness (QED) is 0.876. The van der Waals surface area contributed by atoms with Gasteiger partial charge in [0.25, 0.3) is 0 Å². The number of rotatable bonds is 5. The maximum atomic E-state index is 13.2. The molecule has 1 aliphatic rings. The topological polar surface area (TPSA) is 66.8 Å². The van der Waals surface area contributed by atoms with Crippen LogP contribution in [0.4, 0.5) is 13.2 Å². The number of alkyl halides is 3. The highest BCUT2D eigenvalue weighted by molar-refractivity contribution is 7.89. The first-order valence-corrected chi connectivity index (χ1v) is 8.60. The average molecular weight is 353 g/mol. The first-order valence-electron chi connectivity index (χ1n) is 6.99. The number of ether oxygens (including phenoxy) is 1. The van der Waals surface area contributed by atoms with Gasteiger partial charge in [0, 0.05) is 13.7 Å². The molecule has 9 heteroatoms. The summed E-state index contributed by atoms with van der Waals surface area (Å²) in [6.07, 6.45) is -5.66. The van der Waals surface area contributed by atoms with Crippen LogP contribution < -0.4 is 0 Å². The van der Waals surface area contributed by atoms with Crippen LogP contribution >= 0.6 is 0 Å². The molecule has 0 aliphatic carbocycles. The van der Waals surface area contributed by atoms with E-state index in [1.807, 2.05) is 0 Å². The van der Waals surface area contributed by atoms with Crippen LogP contribution in [0.3, 0.4) is 0 Å². The molecule has 5 nitrogen and oxygen atoms in total. The van der Waals surface area contributed by atoms with E-state index in [1.165, 1.54) is 25.3 Å². The number of aliphatic hydroxyl groups is 1. The van der Waals surface area contributed by atoms with Gasteiger partial charge in [-0.25, -0.2) is 8.42 Å². The molecule has 1 aromatic rings. The summed E-state index contributed by atoms with van der Waals surface area (Å²) in [5.41, 5.74) is -1.02. The molecule has 1 saturated heterocycles. The number of nitrogens with zero attached hydrogens (tertiary/aromatic N) is 1. The zero-order valence-electron chi connectivity index (χ0n) is 12.5. The van der Waals surface area contributed by atoms with Crippen LogP contribution in [0.5, 0.6) is 0 Å². The molecule has 1 aliphatic heterocycles. The fourth-order valence-corrected chi connectivity index (χ4v) is 4.32. The Balaban J connectivity index is 2.42. The molecule has 1 N–H and O–H groups in total. The van der Waals surface area contributed by atoms with Crippen LogP contribution in [0, 0.1) is 0 Å². The van der Waals surface area contributed by atoms with Crippen LogP contribution in [0.1, 0.15) is 23.6 Å². The van der Waals surface area contributed by atoms with Crippen molar-refractivity contribution in [2.24, 2.45) is 0 Å². The lowest BCUT2D eigenvalue weighted by Gasteiger charge is -2.26. The number of aliphatic hydroxyl groups excluding tert-OH is 1. The summed E-state index contributed by atoms with van der Waals surface area (Å²) in [4.78, 5) is 0. The van der Waals surface area contributed by atoms with E-state index in [0.717, 1.165) is 10.4 Å². The fraction of sp³-hybridized carbons (Fsp3) is 0.571. The summed E-state index contributed by atoms with van der Waals surface area (Å²) in [6, 6.07) is 3.81. The molecular formula is C14H18F3NO4S. The third kappa shape index (κ3) is 4.03. The standard InChI is InChI=1S/C14H18F3NO4S/c1-22-6-7-23(20,21)18-9-10(19)8-13(18)11-4-2-3-5-12(11)14(15,16)17/h2-5,10,13,19H,6-9H2,1H3/t10-,13-/m1/s1. The second-order valence-corrected chi connectivity index (χ2v) is 7.41. The van der Waals surface area contributed by atoms with Crippen LogP contribution in [-0.2, 0) is 20.9 Å². The van der Waals surface area contributed by atoms with Crippen molar-refractivity contribution in [1.82, 2.24) is 4.31 Å². The Bertz CT molecular complexity index is 648. The Kier molecular flexibility index (Phi) is 5.34. The molecule has 0 aromatic heterocycles. The van der Waals surface area contributed by atoms with Crippen molar-refractivity contribution in [2.45, 2.75) is 24.7 Å². The summed E-state index contributed by atoms with van der Waals surface area (Å²) >= 11 is 0. The molecule has 0 unspecified atom stereocenters.